The molecule has 1 unspecified atom stereocenters. The quantitative estimate of drug-likeness (QED) is 0.795. The summed E-state index contributed by atoms with van der Waals surface area (Å²) in [4.78, 5) is 11.7. The normalized spacial score (nSPS) is 11.9. The van der Waals surface area contributed by atoms with E-state index in [1.807, 2.05) is 38.1 Å². The van der Waals surface area contributed by atoms with Gasteiger partial charge in [-0.1, -0.05) is 19.1 Å². The molecule has 1 aromatic rings. The minimum Gasteiger partial charge on any atom is -0.492 e. The molecule has 0 fully saturated rings. The van der Waals surface area contributed by atoms with E-state index in [9.17, 15) is 4.79 Å². The summed E-state index contributed by atoms with van der Waals surface area (Å²) in [7, 11) is 0. The highest BCUT2D eigenvalue weighted by atomic mass is 16.5. The average Bonchev–Trinajstić information content (AvgIpc) is 2.31. The van der Waals surface area contributed by atoms with Crippen LogP contribution in [-0.4, -0.2) is 18.6 Å². The molecule has 0 saturated carbocycles. The van der Waals surface area contributed by atoms with Crippen molar-refractivity contribution in [3.8, 4) is 5.75 Å². The maximum atomic E-state index is 11.7. The number of nitrogens with one attached hydrogen (secondary N) is 1. The molecule has 0 aromatic heterocycles. The Labute approximate surface area is 102 Å². The first-order valence-corrected chi connectivity index (χ1v) is 5.94. The van der Waals surface area contributed by atoms with Crippen molar-refractivity contribution in [1.82, 2.24) is 0 Å². The Morgan fingerprint density at radius 1 is 1.41 bits per heavy atom. The van der Waals surface area contributed by atoms with Crippen molar-refractivity contribution in [2.75, 3.05) is 11.9 Å². The Morgan fingerprint density at radius 2 is 2.12 bits per heavy atom. The molecule has 1 rings (SSSR count). The monoisotopic (exact) mass is 236 g/mol. The zero-order valence-electron chi connectivity index (χ0n) is 10.4. The van der Waals surface area contributed by atoms with Crippen molar-refractivity contribution in [3.05, 3.63) is 24.3 Å². The van der Waals surface area contributed by atoms with Crippen LogP contribution in [0.1, 0.15) is 26.7 Å². The minimum atomic E-state index is -0.0887. The highest BCUT2D eigenvalue weighted by molar-refractivity contribution is 5.92. The van der Waals surface area contributed by atoms with Gasteiger partial charge in [-0.15, -0.1) is 0 Å². The maximum Gasteiger partial charge on any atom is 0.226 e. The van der Waals surface area contributed by atoms with Crippen LogP contribution in [0.15, 0.2) is 24.3 Å². The predicted molar refractivity (Wildman–Crippen MR) is 69.1 cm³/mol. The highest BCUT2D eigenvalue weighted by Crippen LogP contribution is 2.23. The Balaban J connectivity index is 2.64. The first-order valence-electron chi connectivity index (χ1n) is 5.94. The molecule has 94 valence electrons. The molecule has 1 aromatic carbocycles. The Morgan fingerprint density at radius 3 is 2.76 bits per heavy atom. The van der Waals surface area contributed by atoms with Crippen LogP contribution < -0.4 is 15.8 Å². The summed E-state index contributed by atoms with van der Waals surface area (Å²) in [5.41, 5.74) is 6.43. The number of anilines is 1. The molecule has 1 atom stereocenters. The first kappa shape index (κ1) is 13.5. The summed E-state index contributed by atoms with van der Waals surface area (Å²) < 4.78 is 5.42. The fraction of sp³-hybridized carbons (Fsp3) is 0.462. The van der Waals surface area contributed by atoms with Crippen LogP contribution in [-0.2, 0) is 4.79 Å². The van der Waals surface area contributed by atoms with E-state index in [4.69, 9.17) is 10.5 Å². The lowest BCUT2D eigenvalue weighted by atomic mass is 10.1. The number of rotatable bonds is 6. The van der Waals surface area contributed by atoms with Gasteiger partial charge in [-0.2, -0.15) is 0 Å². The fourth-order valence-electron chi connectivity index (χ4n) is 1.43. The second-order valence-electron chi connectivity index (χ2n) is 3.85. The van der Waals surface area contributed by atoms with E-state index in [1.165, 1.54) is 0 Å². The van der Waals surface area contributed by atoms with Crippen LogP contribution in [0.4, 0.5) is 5.69 Å². The van der Waals surface area contributed by atoms with Crippen molar-refractivity contribution in [1.29, 1.82) is 0 Å². The highest BCUT2D eigenvalue weighted by Gasteiger charge is 2.10. The van der Waals surface area contributed by atoms with Crippen molar-refractivity contribution in [2.24, 2.45) is 5.73 Å². The van der Waals surface area contributed by atoms with Crippen molar-refractivity contribution in [2.45, 2.75) is 32.7 Å². The van der Waals surface area contributed by atoms with Crippen molar-refractivity contribution in [3.63, 3.8) is 0 Å². The molecule has 4 heteroatoms. The summed E-state index contributed by atoms with van der Waals surface area (Å²) in [6, 6.07) is 7.30. The molecule has 3 N–H and O–H groups in total. The Hall–Kier alpha value is -1.55. The molecule has 0 radical (unpaired) electrons. The molecule has 0 aliphatic heterocycles. The number of nitrogens with two attached hydrogens (primary N) is 1. The van der Waals surface area contributed by atoms with E-state index < -0.39 is 0 Å². The number of benzene rings is 1. The van der Waals surface area contributed by atoms with Gasteiger partial charge in [-0.05, 0) is 25.5 Å². The second kappa shape index (κ2) is 6.91. The van der Waals surface area contributed by atoms with E-state index in [0.29, 0.717) is 24.5 Å². The summed E-state index contributed by atoms with van der Waals surface area (Å²) in [6.45, 7) is 4.44. The third-order valence-corrected chi connectivity index (χ3v) is 2.43. The predicted octanol–water partition coefficient (Wildman–Crippen LogP) is 2.15. The third kappa shape index (κ3) is 4.44. The zero-order chi connectivity index (χ0) is 12.7. The smallest absolute Gasteiger partial charge is 0.226 e. The number of carbonyl (C=O) groups excluding carboxylic acids is 1. The molecule has 1 amide bonds. The fourth-order valence-corrected chi connectivity index (χ4v) is 1.43. The number of ether oxygens (including phenoxy) is 1. The van der Waals surface area contributed by atoms with Gasteiger partial charge in [-0.25, -0.2) is 0 Å². The Kier molecular flexibility index (Phi) is 5.49. The van der Waals surface area contributed by atoms with Gasteiger partial charge in [0.05, 0.1) is 12.3 Å². The number of carbonyl (C=O) groups is 1. The van der Waals surface area contributed by atoms with Crippen molar-refractivity contribution >= 4 is 11.6 Å². The van der Waals surface area contributed by atoms with E-state index in [1.54, 1.807) is 0 Å². The van der Waals surface area contributed by atoms with Crippen LogP contribution in [0.25, 0.3) is 0 Å². The van der Waals surface area contributed by atoms with Gasteiger partial charge in [0.1, 0.15) is 5.75 Å². The van der Waals surface area contributed by atoms with Gasteiger partial charge < -0.3 is 15.8 Å². The van der Waals surface area contributed by atoms with Crippen molar-refractivity contribution < 1.29 is 9.53 Å². The topological polar surface area (TPSA) is 64.3 Å². The van der Waals surface area contributed by atoms with Gasteiger partial charge in [0.15, 0.2) is 0 Å². The molecular weight excluding hydrogens is 216 g/mol. The maximum absolute atomic E-state index is 11.7. The van der Waals surface area contributed by atoms with Gasteiger partial charge in [0.25, 0.3) is 0 Å². The lowest BCUT2D eigenvalue weighted by molar-refractivity contribution is -0.116. The number of para-hydroxylation sites is 2. The summed E-state index contributed by atoms with van der Waals surface area (Å²) in [5, 5.41) is 2.82. The molecule has 0 aliphatic rings. The van der Waals surface area contributed by atoms with Gasteiger partial charge >= 0.3 is 0 Å². The lowest BCUT2D eigenvalue weighted by Gasteiger charge is -2.12. The van der Waals surface area contributed by atoms with Crippen LogP contribution in [0.3, 0.4) is 0 Å². The molecule has 0 saturated heterocycles. The largest absolute Gasteiger partial charge is 0.492 e. The standard InChI is InChI=1S/C13H20N2O2/c1-3-10(14)9-13(16)15-11-7-5-6-8-12(11)17-4-2/h5-8,10H,3-4,9,14H2,1-2H3,(H,15,16). The number of hydrogen-bond acceptors (Lipinski definition) is 3. The van der Waals surface area contributed by atoms with Gasteiger partial charge in [0.2, 0.25) is 5.91 Å². The van der Waals surface area contributed by atoms with Crippen LogP contribution in [0.5, 0.6) is 5.75 Å². The molecule has 0 bridgehead atoms. The SMILES string of the molecule is CCOc1ccccc1NC(=O)CC(N)CC. The van der Waals surface area contributed by atoms with E-state index in [-0.39, 0.29) is 11.9 Å². The van der Waals surface area contributed by atoms with Crippen LogP contribution in [0.2, 0.25) is 0 Å². The minimum absolute atomic E-state index is 0.0773. The summed E-state index contributed by atoms with van der Waals surface area (Å²) in [6.07, 6.45) is 1.12. The van der Waals surface area contributed by atoms with Gasteiger partial charge in [-0.3, -0.25) is 4.79 Å². The lowest BCUT2D eigenvalue weighted by Crippen LogP contribution is -2.26. The van der Waals surface area contributed by atoms with E-state index >= 15 is 0 Å². The second-order valence-corrected chi connectivity index (χ2v) is 3.85. The Bertz CT molecular complexity index is 366. The molecule has 0 spiro atoms. The van der Waals surface area contributed by atoms with Crippen LogP contribution >= 0.6 is 0 Å². The molecule has 0 heterocycles. The average molecular weight is 236 g/mol. The number of amides is 1. The van der Waals surface area contributed by atoms with E-state index in [0.717, 1.165) is 6.42 Å². The number of hydrogen-bond donors (Lipinski definition) is 2. The molecule has 0 aliphatic carbocycles. The molecular formula is C13H20N2O2. The first-order chi connectivity index (χ1) is 8.17. The van der Waals surface area contributed by atoms with E-state index in [2.05, 4.69) is 5.32 Å². The summed E-state index contributed by atoms with van der Waals surface area (Å²) >= 11 is 0. The zero-order valence-corrected chi connectivity index (χ0v) is 10.4. The molecule has 17 heavy (non-hydrogen) atoms. The third-order valence-electron chi connectivity index (χ3n) is 2.43. The molecule has 4 nitrogen and oxygen atoms in total. The van der Waals surface area contributed by atoms with Crippen LogP contribution in [0, 0.1) is 0 Å². The summed E-state index contributed by atoms with van der Waals surface area (Å²) in [5.74, 6) is 0.611. The van der Waals surface area contributed by atoms with Gasteiger partial charge in [0, 0.05) is 12.5 Å².